The maximum absolute atomic E-state index is 5.35. The van der Waals surface area contributed by atoms with Crippen LogP contribution < -0.4 is 0 Å². The van der Waals surface area contributed by atoms with Crippen molar-refractivity contribution in [3.05, 3.63) is 386 Å². The molecule has 2 aliphatic carbocycles. The molecule has 4 heteroatoms. The van der Waals surface area contributed by atoms with Gasteiger partial charge < -0.3 is 0 Å². The van der Waals surface area contributed by atoms with Gasteiger partial charge in [0.25, 0.3) is 0 Å². The smallest absolute Gasteiger partial charge is 0.160 e. The van der Waals surface area contributed by atoms with Crippen LogP contribution in [0.4, 0.5) is 0 Å². The Bertz CT molecular complexity index is 6440. The van der Waals surface area contributed by atoms with Crippen LogP contribution >= 0.6 is 0 Å². The number of rotatable bonds is 10. The van der Waals surface area contributed by atoms with Gasteiger partial charge >= 0.3 is 0 Å². The number of hydrogen-bond acceptors (Lipinski definition) is 4. The van der Waals surface area contributed by atoms with Crippen molar-refractivity contribution >= 4 is 43.1 Å². The van der Waals surface area contributed by atoms with Crippen molar-refractivity contribution in [1.29, 1.82) is 0 Å². The number of fused-ring (bicyclic) bond motifs is 10. The topological polar surface area (TPSA) is 51.6 Å². The molecule has 0 radical (unpaired) electrons. The summed E-state index contributed by atoms with van der Waals surface area (Å²) in [5.74, 6) is 1.50. The first-order valence-electron chi connectivity index (χ1n) is 36.7. The van der Waals surface area contributed by atoms with Crippen LogP contribution in [0.2, 0.25) is 0 Å². The standard InChI is InChI=1S/2C51H36N2/c1-51(2)44-30-28-38(32-43(44)49-47(51)48(35-21-11-5-12-22-35)52-50(53-49)36-23-13-6-14-24-36)37-27-29-41-42(31-37)46(34-19-9-4-10-20-34)40-26-16-15-25-39(40)45(41)33-17-7-3-8-18-33;1-51(2)44-32-38(28-30-42(44)49-47(51)48(35-21-11-5-12-22-35)52-50(53-49)36-23-13-6-14-24-36)37-27-29-41-43(31-37)46(34-19-9-4-10-20-34)40-26-16-15-25-39(40)45(41)33-17-7-3-8-18-33/h2*3-32H,1-2H3. The molecular formula is C102H72N4. The molecule has 4 nitrogen and oxygen atoms in total. The maximum atomic E-state index is 5.35. The van der Waals surface area contributed by atoms with Crippen LogP contribution in [0.5, 0.6) is 0 Å². The van der Waals surface area contributed by atoms with E-state index in [1.807, 2.05) is 12.1 Å². The SMILES string of the molecule is CC1(C)c2cc(-c3ccc4c(-c5ccccc5)c5ccccc5c(-c5ccccc5)c4c3)ccc2-c2nc(-c3ccccc3)nc(-c3ccccc3)c21.CC1(C)c2ccc(-c3ccc4c(-c5ccccc5)c5ccccc5c(-c5ccccc5)c4c3)cc2-c2nc(-c3ccccc3)nc(-c3ccccc3)c21. The van der Waals surface area contributed by atoms with Gasteiger partial charge in [-0.05, 0) is 145 Å². The third kappa shape index (κ3) is 10.7. The summed E-state index contributed by atoms with van der Waals surface area (Å²) in [6.07, 6.45) is 0. The van der Waals surface area contributed by atoms with Crippen LogP contribution in [0.3, 0.4) is 0 Å². The minimum Gasteiger partial charge on any atom is -0.228 e. The van der Waals surface area contributed by atoms with Crippen molar-refractivity contribution in [3.63, 3.8) is 0 Å². The molecule has 2 heterocycles. The van der Waals surface area contributed by atoms with E-state index in [2.05, 4.69) is 380 Å². The van der Waals surface area contributed by atoms with Crippen LogP contribution in [0.1, 0.15) is 49.9 Å². The third-order valence-corrected chi connectivity index (χ3v) is 22.1. The fraction of sp³-hybridized carbons (Fsp3) is 0.0588. The Labute approximate surface area is 618 Å². The van der Waals surface area contributed by atoms with E-state index in [-0.39, 0.29) is 10.8 Å². The predicted molar refractivity (Wildman–Crippen MR) is 444 cm³/mol. The van der Waals surface area contributed by atoms with Crippen LogP contribution in [0.25, 0.3) is 178 Å². The van der Waals surface area contributed by atoms with Crippen molar-refractivity contribution in [2.75, 3.05) is 0 Å². The molecule has 500 valence electrons. The average Bonchev–Trinajstić information content (AvgIpc) is 1.48. The quantitative estimate of drug-likeness (QED) is 0.128. The van der Waals surface area contributed by atoms with Gasteiger partial charge in [-0.1, -0.05) is 367 Å². The molecule has 0 atom stereocenters. The molecule has 20 rings (SSSR count). The van der Waals surface area contributed by atoms with Gasteiger partial charge in [0.05, 0.1) is 22.8 Å². The molecule has 16 aromatic carbocycles. The molecule has 0 spiro atoms. The normalized spacial score (nSPS) is 12.9. The molecule has 0 saturated heterocycles. The van der Waals surface area contributed by atoms with E-state index in [9.17, 15) is 0 Å². The van der Waals surface area contributed by atoms with Gasteiger partial charge in [0, 0.05) is 55.3 Å². The van der Waals surface area contributed by atoms with Gasteiger partial charge in [0.1, 0.15) is 0 Å². The molecule has 0 aliphatic heterocycles. The van der Waals surface area contributed by atoms with Crippen molar-refractivity contribution in [1.82, 2.24) is 19.9 Å². The first kappa shape index (κ1) is 63.6. The van der Waals surface area contributed by atoms with Gasteiger partial charge in [-0.3, -0.25) is 0 Å². The van der Waals surface area contributed by atoms with Crippen molar-refractivity contribution in [2.45, 2.75) is 38.5 Å². The first-order chi connectivity index (χ1) is 52.1. The maximum Gasteiger partial charge on any atom is 0.160 e. The fourth-order valence-electron chi connectivity index (χ4n) is 17.1. The second-order valence-electron chi connectivity index (χ2n) is 29.0. The van der Waals surface area contributed by atoms with Crippen LogP contribution in [0.15, 0.2) is 364 Å². The fourth-order valence-corrected chi connectivity index (χ4v) is 17.1. The summed E-state index contributed by atoms with van der Waals surface area (Å²) in [5.41, 5.74) is 29.6. The van der Waals surface area contributed by atoms with Crippen molar-refractivity contribution in [3.8, 4) is 135 Å². The van der Waals surface area contributed by atoms with E-state index in [4.69, 9.17) is 19.9 Å². The van der Waals surface area contributed by atoms with Gasteiger partial charge in [-0.2, -0.15) is 0 Å². The lowest BCUT2D eigenvalue weighted by Crippen LogP contribution is -2.17. The zero-order valence-electron chi connectivity index (χ0n) is 59.4. The lowest BCUT2D eigenvalue weighted by Gasteiger charge is -2.24. The molecule has 0 bridgehead atoms. The van der Waals surface area contributed by atoms with E-state index < -0.39 is 0 Å². The monoisotopic (exact) mass is 1350 g/mol. The predicted octanol–water partition coefficient (Wildman–Crippen LogP) is 26.8. The average molecular weight is 1350 g/mol. The highest BCUT2D eigenvalue weighted by Gasteiger charge is 2.42. The summed E-state index contributed by atoms with van der Waals surface area (Å²) >= 11 is 0. The zero-order chi connectivity index (χ0) is 71.0. The van der Waals surface area contributed by atoms with Crippen LogP contribution in [0, 0.1) is 0 Å². The van der Waals surface area contributed by atoms with Gasteiger partial charge in [-0.25, -0.2) is 19.9 Å². The number of hydrogen-bond donors (Lipinski definition) is 0. The second kappa shape index (κ2) is 25.9. The van der Waals surface area contributed by atoms with E-state index in [0.717, 1.165) is 56.7 Å². The Morgan fingerprint density at radius 2 is 0.443 bits per heavy atom. The Morgan fingerprint density at radius 1 is 0.179 bits per heavy atom. The molecule has 0 amide bonds. The third-order valence-electron chi connectivity index (χ3n) is 22.1. The highest BCUT2D eigenvalue weighted by molar-refractivity contribution is 6.23. The zero-order valence-corrected chi connectivity index (χ0v) is 59.4. The molecule has 0 N–H and O–H groups in total. The number of nitrogens with zero attached hydrogens (tertiary/aromatic N) is 4. The van der Waals surface area contributed by atoms with Crippen molar-refractivity contribution in [2.24, 2.45) is 0 Å². The van der Waals surface area contributed by atoms with Gasteiger partial charge in [0.2, 0.25) is 0 Å². The molecule has 106 heavy (non-hydrogen) atoms. The molecule has 2 aromatic heterocycles. The minimum atomic E-state index is -0.316. The highest BCUT2D eigenvalue weighted by atomic mass is 14.9. The van der Waals surface area contributed by atoms with E-state index in [0.29, 0.717) is 0 Å². The Balaban J connectivity index is 0.000000145. The van der Waals surface area contributed by atoms with Gasteiger partial charge in [-0.15, -0.1) is 0 Å². The Hall–Kier alpha value is -13.3. The molecule has 0 unspecified atom stereocenters. The highest BCUT2D eigenvalue weighted by Crippen LogP contribution is 2.56. The van der Waals surface area contributed by atoms with Crippen molar-refractivity contribution < 1.29 is 0 Å². The summed E-state index contributed by atoms with van der Waals surface area (Å²) in [5, 5.41) is 10.0. The Morgan fingerprint density at radius 3 is 0.821 bits per heavy atom. The summed E-state index contributed by atoms with van der Waals surface area (Å²) < 4.78 is 0. The summed E-state index contributed by atoms with van der Waals surface area (Å²) in [6.45, 7) is 9.28. The van der Waals surface area contributed by atoms with Crippen LogP contribution in [-0.4, -0.2) is 19.9 Å². The van der Waals surface area contributed by atoms with E-state index in [1.165, 1.54) is 143 Å². The summed E-state index contributed by atoms with van der Waals surface area (Å²) in [6, 6.07) is 131. The lowest BCUT2D eigenvalue weighted by atomic mass is 9.79. The largest absolute Gasteiger partial charge is 0.228 e. The molecular weight excluding hydrogens is 1280 g/mol. The lowest BCUT2D eigenvalue weighted by molar-refractivity contribution is 0.657. The summed E-state index contributed by atoms with van der Waals surface area (Å²) in [4.78, 5) is 21.2. The number of aromatic nitrogens is 4. The van der Waals surface area contributed by atoms with Crippen LogP contribution in [-0.2, 0) is 10.8 Å². The molecule has 0 fully saturated rings. The second-order valence-corrected chi connectivity index (χ2v) is 29.0. The minimum absolute atomic E-state index is 0.281. The molecule has 0 saturated carbocycles. The molecule has 18 aromatic rings. The van der Waals surface area contributed by atoms with E-state index >= 15 is 0 Å². The Kier molecular flexibility index (Phi) is 15.5. The first-order valence-corrected chi connectivity index (χ1v) is 36.7. The number of benzene rings is 16. The van der Waals surface area contributed by atoms with Gasteiger partial charge in [0.15, 0.2) is 11.6 Å². The molecule has 2 aliphatic rings. The summed E-state index contributed by atoms with van der Waals surface area (Å²) in [7, 11) is 0. The van der Waals surface area contributed by atoms with E-state index in [1.54, 1.807) is 0 Å².